The molecule has 0 atom stereocenters. The molecule has 0 unspecified atom stereocenters. The van der Waals surface area contributed by atoms with E-state index in [2.05, 4.69) is 36.6 Å². The number of tetrazole rings is 1. The number of benzene rings is 3. The lowest BCUT2D eigenvalue weighted by atomic mass is 9.98. The number of hydrogen-bond acceptors (Lipinski definition) is 6. The molecule has 2 heterocycles. The topological polar surface area (TPSA) is 102 Å². The highest BCUT2D eigenvalue weighted by Gasteiger charge is 2.18. The van der Waals surface area contributed by atoms with Crippen molar-refractivity contribution < 1.29 is 4.79 Å². The molecule has 3 aromatic carbocycles. The minimum atomic E-state index is -0.209. The van der Waals surface area contributed by atoms with Crippen molar-refractivity contribution in [2.75, 3.05) is 0 Å². The molecule has 0 radical (unpaired) electrons. The van der Waals surface area contributed by atoms with Crippen molar-refractivity contribution in [3.05, 3.63) is 102 Å². The second-order valence-electron chi connectivity index (χ2n) is 7.89. The highest BCUT2D eigenvalue weighted by molar-refractivity contribution is 6.06. The number of aromatic nitrogens is 7. The zero-order valence-corrected chi connectivity index (χ0v) is 18.8. The summed E-state index contributed by atoms with van der Waals surface area (Å²) in [7, 11) is 0. The van der Waals surface area contributed by atoms with Gasteiger partial charge in [0.05, 0.1) is 6.54 Å². The molecule has 5 aromatic rings. The van der Waals surface area contributed by atoms with Crippen molar-refractivity contribution in [1.82, 2.24) is 35.4 Å². The monoisotopic (exact) mass is 459 g/mol. The van der Waals surface area contributed by atoms with Gasteiger partial charge in [0.25, 0.3) is 0 Å². The SMILES string of the molecule is C#CCCc1nc(C(=O)c2ccccc2)nn1Cc1ccc(-c2ccccc2-c2nn[nH]n2)cc1. The standard InChI is InChI=1S/C27H21N7O/c1-2-3-13-24-28-27(25(35)21-9-5-4-6-10-21)31-34(24)18-19-14-16-20(17-15-19)22-11-7-8-12-23(22)26-29-32-33-30-26/h1,4-12,14-17H,3,13,18H2,(H,29,30,32,33). The summed E-state index contributed by atoms with van der Waals surface area (Å²) in [6.07, 6.45) is 6.53. The third-order valence-corrected chi connectivity index (χ3v) is 5.59. The lowest BCUT2D eigenvalue weighted by molar-refractivity contribution is 0.102. The molecule has 0 bridgehead atoms. The van der Waals surface area contributed by atoms with Crippen LogP contribution >= 0.6 is 0 Å². The molecule has 0 aliphatic heterocycles. The Balaban J connectivity index is 1.41. The minimum Gasteiger partial charge on any atom is -0.285 e. The maximum Gasteiger partial charge on any atom is 0.232 e. The molecule has 0 aliphatic carbocycles. The number of carbonyl (C=O) groups is 1. The molecule has 5 rings (SSSR count). The number of hydrogen-bond donors (Lipinski definition) is 1. The van der Waals surface area contributed by atoms with E-state index >= 15 is 0 Å². The molecule has 1 N–H and O–H groups in total. The Labute approximate surface area is 202 Å². The maximum absolute atomic E-state index is 12.9. The summed E-state index contributed by atoms with van der Waals surface area (Å²) in [5.74, 6) is 3.83. The third-order valence-electron chi connectivity index (χ3n) is 5.59. The van der Waals surface area contributed by atoms with Crippen molar-refractivity contribution in [3.8, 4) is 34.9 Å². The first-order chi connectivity index (χ1) is 17.2. The van der Waals surface area contributed by atoms with Crippen LogP contribution in [0.2, 0.25) is 0 Å². The third kappa shape index (κ3) is 4.75. The summed E-state index contributed by atoms with van der Waals surface area (Å²) in [6.45, 7) is 0.474. The second kappa shape index (κ2) is 9.93. The fraction of sp³-hybridized carbons (Fsp3) is 0.111. The van der Waals surface area contributed by atoms with Gasteiger partial charge in [0.2, 0.25) is 17.4 Å². The van der Waals surface area contributed by atoms with Crippen LogP contribution in [0.4, 0.5) is 0 Å². The van der Waals surface area contributed by atoms with Crippen LogP contribution in [0.25, 0.3) is 22.5 Å². The molecule has 8 heteroatoms. The maximum atomic E-state index is 12.9. The molecule has 0 amide bonds. The van der Waals surface area contributed by atoms with Gasteiger partial charge in [-0.15, -0.1) is 27.6 Å². The summed E-state index contributed by atoms with van der Waals surface area (Å²) in [6, 6.07) is 25.1. The Kier molecular flexibility index (Phi) is 6.22. The van der Waals surface area contributed by atoms with Crippen LogP contribution < -0.4 is 0 Å². The van der Waals surface area contributed by atoms with Gasteiger partial charge in [0.15, 0.2) is 0 Å². The van der Waals surface area contributed by atoms with E-state index in [0.717, 1.165) is 22.3 Å². The molecule has 0 spiro atoms. The summed E-state index contributed by atoms with van der Waals surface area (Å²) in [4.78, 5) is 17.4. The Morgan fingerprint density at radius 3 is 2.40 bits per heavy atom. The number of rotatable bonds is 8. The first-order valence-electron chi connectivity index (χ1n) is 11.1. The highest BCUT2D eigenvalue weighted by Crippen LogP contribution is 2.29. The molecule has 0 saturated carbocycles. The van der Waals surface area contributed by atoms with E-state index in [1.54, 1.807) is 16.8 Å². The predicted molar refractivity (Wildman–Crippen MR) is 131 cm³/mol. The first-order valence-corrected chi connectivity index (χ1v) is 11.1. The number of terminal acetylenes is 1. The number of aromatic amines is 1. The van der Waals surface area contributed by atoms with E-state index in [1.165, 1.54) is 0 Å². The molecule has 2 aromatic heterocycles. The van der Waals surface area contributed by atoms with Gasteiger partial charge in [-0.25, -0.2) is 9.67 Å². The summed E-state index contributed by atoms with van der Waals surface area (Å²) >= 11 is 0. The van der Waals surface area contributed by atoms with Crippen molar-refractivity contribution in [3.63, 3.8) is 0 Å². The van der Waals surface area contributed by atoms with Gasteiger partial charge in [-0.2, -0.15) is 5.21 Å². The second-order valence-corrected chi connectivity index (χ2v) is 7.89. The van der Waals surface area contributed by atoms with Crippen molar-refractivity contribution >= 4 is 5.78 Å². The van der Waals surface area contributed by atoms with E-state index in [0.29, 0.717) is 36.6 Å². The summed E-state index contributed by atoms with van der Waals surface area (Å²) in [5.41, 5.74) is 4.51. The van der Waals surface area contributed by atoms with Gasteiger partial charge >= 0.3 is 0 Å². The van der Waals surface area contributed by atoms with Gasteiger partial charge in [0.1, 0.15) is 5.82 Å². The number of carbonyl (C=O) groups excluding carboxylic acids is 1. The van der Waals surface area contributed by atoms with Crippen LogP contribution in [0.3, 0.4) is 0 Å². The molecule has 0 saturated heterocycles. The molecule has 35 heavy (non-hydrogen) atoms. The lowest BCUT2D eigenvalue weighted by Crippen LogP contribution is -2.08. The average molecular weight is 460 g/mol. The van der Waals surface area contributed by atoms with E-state index in [-0.39, 0.29) is 11.6 Å². The van der Waals surface area contributed by atoms with Gasteiger partial charge in [0, 0.05) is 24.0 Å². The molecule has 8 nitrogen and oxygen atoms in total. The Morgan fingerprint density at radius 2 is 1.69 bits per heavy atom. The van der Waals surface area contributed by atoms with Crippen molar-refractivity contribution in [1.29, 1.82) is 0 Å². The fourth-order valence-electron chi connectivity index (χ4n) is 3.85. The van der Waals surface area contributed by atoms with Gasteiger partial charge in [-0.05, 0) is 21.9 Å². The lowest BCUT2D eigenvalue weighted by Gasteiger charge is -2.09. The first kappa shape index (κ1) is 21.9. The van der Waals surface area contributed by atoms with E-state index < -0.39 is 0 Å². The minimum absolute atomic E-state index is 0.175. The van der Waals surface area contributed by atoms with Crippen LogP contribution in [0.15, 0.2) is 78.9 Å². The van der Waals surface area contributed by atoms with Crippen LogP contribution in [0.5, 0.6) is 0 Å². The van der Waals surface area contributed by atoms with Crippen LogP contribution in [0, 0.1) is 12.3 Å². The van der Waals surface area contributed by atoms with E-state index in [9.17, 15) is 4.79 Å². The number of H-pyrrole nitrogens is 1. The van der Waals surface area contributed by atoms with Crippen LogP contribution in [-0.4, -0.2) is 41.2 Å². The largest absolute Gasteiger partial charge is 0.285 e. The zero-order chi connectivity index (χ0) is 24.0. The normalized spacial score (nSPS) is 10.7. The van der Waals surface area contributed by atoms with Crippen molar-refractivity contribution in [2.24, 2.45) is 0 Å². The summed E-state index contributed by atoms with van der Waals surface area (Å²) in [5, 5.41) is 18.9. The Morgan fingerprint density at radius 1 is 0.943 bits per heavy atom. The number of nitrogens with one attached hydrogen (secondary N) is 1. The van der Waals surface area contributed by atoms with Gasteiger partial charge in [-0.3, -0.25) is 4.79 Å². The van der Waals surface area contributed by atoms with Crippen LogP contribution in [-0.2, 0) is 13.0 Å². The van der Waals surface area contributed by atoms with E-state index in [1.807, 2.05) is 66.7 Å². The van der Waals surface area contributed by atoms with Crippen LogP contribution in [0.1, 0.15) is 34.0 Å². The average Bonchev–Trinajstić information content (AvgIpc) is 3.59. The number of ketones is 1. The highest BCUT2D eigenvalue weighted by atomic mass is 16.1. The molecule has 0 aliphatic rings. The zero-order valence-electron chi connectivity index (χ0n) is 18.8. The molecule has 0 fully saturated rings. The van der Waals surface area contributed by atoms with E-state index in [4.69, 9.17) is 6.42 Å². The Bertz CT molecular complexity index is 1480. The molecular formula is C27H21N7O. The Hall–Kier alpha value is -4.90. The summed E-state index contributed by atoms with van der Waals surface area (Å²) < 4.78 is 1.76. The van der Waals surface area contributed by atoms with Crippen molar-refractivity contribution in [2.45, 2.75) is 19.4 Å². The molecular weight excluding hydrogens is 438 g/mol. The number of aryl methyl sites for hydroxylation is 1. The van der Waals surface area contributed by atoms with Gasteiger partial charge < -0.3 is 0 Å². The predicted octanol–water partition coefficient (Wildman–Crippen LogP) is 3.97. The quantitative estimate of drug-likeness (QED) is 0.278. The fourth-order valence-corrected chi connectivity index (χ4v) is 3.85. The molecule has 170 valence electrons. The smallest absolute Gasteiger partial charge is 0.232 e. The number of nitrogens with zero attached hydrogens (tertiary/aromatic N) is 6. The van der Waals surface area contributed by atoms with Gasteiger partial charge in [-0.1, -0.05) is 78.9 Å².